The van der Waals surface area contributed by atoms with E-state index in [-0.39, 0.29) is 11.8 Å². The Morgan fingerprint density at radius 2 is 2.11 bits per heavy atom. The number of carbonyl (C=O) groups excluding carboxylic acids is 1. The molecule has 1 aliphatic rings. The van der Waals surface area contributed by atoms with Crippen molar-refractivity contribution in [2.24, 2.45) is 5.92 Å². The first-order valence-corrected chi connectivity index (χ1v) is 6.45. The van der Waals surface area contributed by atoms with Gasteiger partial charge in [0.05, 0.1) is 5.92 Å². The third kappa shape index (κ3) is 2.94. The number of anilines is 2. The smallest absolute Gasteiger partial charge is 0.227 e. The number of nitrogens with zero attached hydrogens (tertiary/aromatic N) is 5. The lowest BCUT2D eigenvalue weighted by Gasteiger charge is -2.19. The van der Waals surface area contributed by atoms with E-state index in [0.717, 1.165) is 18.8 Å². The van der Waals surface area contributed by atoms with Crippen LogP contribution in [-0.4, -0.2) is 62.1 Å². The zero-order valence-electron chi connectivity index (χ0n) is 12.0. The van der Waals surface area contributed by atoms with E-state index < -0.39 is 0 Å². The van der Waals surface area contributed by atoms with Gasteiger partial charge in [-0.3, -0.25) is 4.79 Å². The molecule has 2 heterocycles. The maximum absolute atomic E-state index is 11.9. The van der Waals surface area contributed by atoms with E-state index in [4.69, 9.17) is 0 Å². The fourth-order valence-electron chi connectivity index (χ4n) is 2.25. The average Bonchev–Trinajstić information content (AvgIpc) is 2.87. The van der Waals surface area contributed by atoms with Crippen LogP contribution in [0.1, 0.15) is 6.42 Å². The van der Waals surface area contributed by atoms with Crippen molar-refractivity contribution in [1.29, 1.82) is 0 Å². The molecule has 1 fully saturated rings. The van der Waals surface area contributed by atoms with E-state index in [1.54, 1.807) is 25.2 Å². The summed E-state index contributed by atoms with van der Waals surface area (Å²) in [5.74, 6) is 1.83. The molecule has 0 aliphatic carbocycles. The Kier molecular flexibility index (Phi) is 3.87. The van der Waals surface area contributed by atoms with E-state index in [2.05, 4.69) is 14.9 Å². The molecule has 1 saturated heterocycles. The Bertz CT molecular complexity index is 460. The summed E-state index contributed by atoms with van der Waals surface area (Å²) >= 11 is 0. The first-order valence-electron chi connectivity index (χ1n) is 6.45. The van der Waals surface area contributed by atoms with Crippen LogP contribution < -0.4 is 9.80 Å². The van der Waals surface area contributed by atoms with Gasteiger partial charge in [-0.05, 0) is 12.5 Å². The van der Waals surface area contributed by atoms with Crippen LogP contribution in [0.5, 0.6) is 0 Å². The highest BCUT2D eigenvalue weighted by molar-refractivity contribution is 5.79. The topological polar surface area (TPSA) is 52.6 Å². The number of carbonyl (C=O) groups is 1. The molecular weight excluding hydrogens is 242 g/mol. The van der Waals surface area contributed by atoms with Gasteiger partial charge < -0.3 is 14.7 Å². The molecule has 0 bridgehead atoms. The van der Waals surface area contributed by atoms with E-state index >= 15 is 0 Å². The maximum Gasteiger partial charge on any atom is 0.227 e. The maximum atomic E-state index is 11.9. The summed E-state index contributed by atoms with van der Waals surface area (Å²) in [6.07, 6.45) is 2.63. The minimum atomic E-state index is 0.0570. The molecule has 1 aromatic rings. The summed E-state index contributed by atoms with van der Waals surface area (Å²) in [4.78, 5) is 26.5. The summed E-state index contributed by atoms with van der Waals surface area (Å²) in [5.41, 5.74) is 0. The zero-order chi connectivity index (χ0) is 14.0. The number of aromatic nitrogens is 2. The Balaban J connectivity index is 2.08. The molecule has 0 N–H and O–H groups in total. The third-order valence-electron chi connectivity index (χ3n) is 3.35. The van der Waals surface area contributed by atoms with Crippen molar-refractivity contribution in [3.05, 3.63) is 12.3 Å². The summed E-state index contributed by atoms with van der Waals surface area (Å²) in [7, 11) is 7.51. The normalized spacial score (nSPS) is 18.5. The molecule has 1 unspecified atom stereocenters. The van der Waals surface area contributed by atoms with Gasteiger partial charge in [0, 0.05) is 47.5 Å². The predicted molar refractivity (Wildman–Crippen MR) is 75.4 cm³/mol. The molecule has 1 aliphatic heterocycles. The van der Waals surface area contributed by atoms with Crippen molar-refractivity contribution in [2.75, 3.05) is 51.1 Å². The Morgan fingerprint density at radius 3 is 2.74 bits per heavy atom. The molecular formula is C13H21N5O. The van der Waals surface area contributed by atoms with E-state index in [9.17, 15) is 4.79 Å². The molecule has 0 radical (unpaired) electrons. The number of hydrogen-bond acceptors (Lipinski definition) is 5. The van der Waals surface area contributed by atoms with Gasteiger partial charge in [0.1, 0.15) is 5.82 Å². The SMILES string of the molecule is CN(C)C(=O)C1CCN(c2nccc(N(C)C)n2)C1. The van der Waals surface area contributed by atoms with Crippen molar-refractivity contribution < 1.29 is 4.79 Å². The lowest BCUT2D eigenvalue weighted by molar-refractivity contribution is -0.132. The summed E-state index contributed by atoms with van der Waals surface area (Å²) in [6.45, 7) is 1.54. The largest absolute Gasteiger partial charge is 0.363 e. The molecule has 6 heteroatoms. The van der Waals surface area contributed by atoms with Gasteiger partial charge in [-0.25, -0.2) is 4.98 Å². The minimum absolute atomic E-state index is 0.0570. The van der Waals surface area contributed by atoms with Gasteiger partial charge in [0.15, 0.2) is 0 Å². The predicted octanol–water partition coefficient (Wildman–Crippen LogP) is 0.457. The van der Waals surface area contributed by atoms with Gasteiger partial charge in [0.25, 0.3) is 0 Å². The van der Waals surface area contributed by atoms with Crippen molar-refractivity contribution >= 4 is 17.7 Å². The molecule has 0 saturated carbocycles. The number of rotatable bonds is 3. The first-order chi connectivity index (χ1) is 8.99. The van der Waals surface area contributed by atoms with E-state index in [0.29, 0.717) is 12.5 Å². The van der Waals surface area contributed by atoms with E-state index in [1.165, 1.54) is 0 Å². The third-order valence-corrected chi connectivity index (χ3v) is 3.35. The molecule has 1 aromatic heterocycles. The average molecular weight is 263 g/mol. The van der Waals surface area contributed by atoms with Crippen LogP contribution in [0.25, 0.3) is 0 Å². The van der Waals surface area contributed by atoms with Gasteiger partial charge in [0.2, 0.25) is 11.9 Å². The molecule has 0 aromatic carbocycles. The van der Waals surface area contributed by atoms with Crippen LogP contribution in [0.4, 0.5) is 11.8 Å². The molecule has 104 valence electrons. The molecule has 1 atom stereocenters. The van der Waals surface area contributed by atoms with Crippen LogP contribution in [0.3, 0.4) is 0 Å². The van der Waals surface area contributed by atoms with Gasteiger partial charge in [-0.2, -0.15) is 4.98 Å². The summed E-state index contributed by atoms with van der Waals surface area (Å²) < 4.78 is 0. The van der Waals surface area contributed by atoms with Gasteiger partial charge >= 0.3 is 0 Å². The molecule has 0 spiro atoms. The minimum Gasteiger partial charge on any atom is -0.363 e. The van der Waals surface area contributed by atoms with Crippen LogP contribution in [0.2, 0.25) is 0 Å². The summed E-state index contributed by atoms with van der Waals surface area (Å²) in [5, 5.41) is 0. The highest BCUT2D eigenvalue weighted by Crippen LogP contribution is 2.23. The van der Waals surface area contributed by atoms with Crippen LogP contribution in [-0.2, 0) is 4.79 Å². The molecule has 1 amide bonds. The van der Waals surface area contributed by atoms with Crippen molar-refractivity contribution in [1.82, 2.24) is 14.9 Å². The fourth-order valence-corrected chi connectivity index (χ4v) is 2.25. The molecule has 2 rings (SSSR count). The first kappa shape index (κ1) is 13.6. The Hall–Kier alpha value is -1.85. The van der Waals surface area contributed by atoms with Gasteiger partial charge in [-0.1, -0.05) is 0 Å². The lowest BCUT2D eigenvalue weighted by atomic mass is 10.1. The Morgan fingerprint density at radius 1 is 1.37 bits per heavy atom. The standard InChI is InChI=1S/C13H21N5O/c1-16(2)11-5-7-14-13(15-11)18-8-6-10(9-18)12(19)17(3)4/h5,7,10H,6,8-9H2,1-4H3. The highest BCUT2D eigenvalue weighted by atomic mass is 16.2. The zero-order valence-corrected chi connectivity index (χ0v) is 12.0. The second kappa shape index (κ2) is 5.42. The summed E-state index contributed by atoms with van der Waals surface area (Å²) in [6, 6.07) is 1.88. The quantitative estimate of drug-likeness (QED) is 0.793. The Labute approximate surface area is 114 Å². The van der Waals surface area contributed by atoms with Crippen LogP contribution in [0.15, 0.2) is 12.3 Å². The molecule has 19 heavy (non-hydrogen) atoms. The molecule has 6 nitrogen and oxygen atoms in total. The van der Waals surface area contributed by atoms with Crippen LogP contribution >= 0.6 is 0 Å². The van der Waals surface area contributed by atoms with E-state index in [1.807, 2.05) is 25.1 Å². The highest BCUT2D eigenvalue weighted by Gasteiger charge is 2.30. The number of amides is 1. The van der Waals surface area contributed by atoms with Crippen molar-refractivity contribution in [2.45, 2.75) is 6.42 Å². The second-order valence-corrected chi connectivity index (χ2v) is 5.27. The van der Waals surface area contributed by atoms with Gasteiger partial charge in [-0.15, -0.1) is 0 Å². The monoisotopic (exact) mass is 263 g/mol. The second-order valence-electron chi connectivity index (χ2n) is 5.27. The number of hydrogen-bond donors (Lipinski definition) is 0. The van der Waals surface area contributed by atoms with Crippen LogP contribution in [0, 0.1) is 5.92 Å². The van der Waals surface area contributed by atoms with Crippen molar-refractivity contribution in [3.8, 4) is 0 Å². The lowest BCUT2D eigenvalue weighted by Crippen LogP contribution is -2.32. The van der Waals surface area contributed by atoms with Crippen molar-refractivity contribution in [3.63, 3.8) is 0 Å². The fraction of sp³-hybridized carbons (Fsp3) is 0.615.